The first kappa shape index (κ1) is 9.46. The van der Waals surface area contributed by atoms with Crippen molar-refractivity contribution < 1.29 is 4.74 Å². The van der Waals surface area contributed by atoms with Gasteiger partial charge in [-0.1, -0.05) is 19.9 Å². The third kappa shape index (κ3) is 2.04. The molecule has 1 aromatic heterocycles. The first-order chi connectivity index (χ1) is 6.75. The SMILES string of the molecule is CC(C)c1cccc(NC2COC2)n1. The molecule has 1 fully saturated rings. The van der Waals surface area contributed by atoms with E-state index in [-0.39, 0.29) is 0 Å². The number of pyridine rings is 1. The van der Waals surface area contributed by atoms with E-state index in [0.29, 0.717) is 12.0 Å². The van der Waals surface area contributed by atoms with Crippen molar-refractivity contribution in [2.75, 3.05) is 18.5 Å². The number of nitrogens with zero attached hydrogens (tertiary/aromatic N) is 1. The predicted octanol–water partition coefficient (Wildman–Crippen LogP) is 2.02. The van der Waals surface area contributed by atoms with Crippen molar-refractivity contribution in [2.24, 2.45) is 0 Å². The average molecular weight is 192 g/mol. The van der Waals surface area contributed by atoms with Crippen molar-refractivity contribution in [3.63, 3.8) is 0 Å². The molecule has 76 valence electrons. The smallest absolute Gasteiger partial charge is 0.126 e. The Labute approximate surface area is 84.5 Å². The van der Waals surface area contributed by atoms with Crippen LogP contribution in [0.2, 0.25) is 0 Å². The maximum absolute atomic E-state index is 5.09. The van der Waals surface area contributed by atoms with Gasteiger partial charge in [-0.05, 0) is 18.1 Å². The molecule has 14 heavy (non-hydrogen) atoms. The summed E-state index contributed by atoms with van der Waals surface area (Å²) in [5.41, 5.74) is 1.13. The topological polar surface area (TPSA) is 34.1 Å². The van der Waals surface area contributed by atoms with Gasteiger partial charge in [0.1, 0.15) is 5.82 Å². The maximum atomic E-state index is 5.09. The minimum absolute atomic E-state index is 0.449. The molecule has 0 amide bonds. The van der Waals surface area contributed by atoms with Crippen LogP contribution >= 0.6 is 0 Å². The summed E-state index contributed by atoms with van der Waals surface area (Å²) in [7, 11) is 0. The Hall–Kier alpha value is -1.09. The minimum atomic E-state index is 0.449. The van der Waals surface area contributed by atoms with E-state index in [2.05, 4.69) is 30.2 Å². The van der Waals surface area contributed by atoms with Crippen LogP contribution in [0.3, 0.4) is 0 Å². The monoisotopic (exact) mass is 192 g/mol. The summed E-state index contributed by atoms with van der Waals surface area (Å²) in [5, 5.41) is 3.34. The van der Waals surface area contributed by atoms with Gasteiger partial charge < -0.3 is 10.1 Å². The van der Waals surface area contributed by atoms with Crippen LogP contribution in [0, 0.1) is 0 Å². The van der Waals surface area contributed by atoms with Gasteiger partial charge in [-0.2, -0.15) is 0 Å². The summed E-state index contributed by atoms with van der Waals surface area (Å²) in [6, 6.07) is 6.56. The van der Waals surface area contributed by atoms with Crippen molar-refractivity contribution in [1.82, 2.24) is 4.98 Å². The highest BCUT2D eigenvalue weighted by molar-refractivity contribution is 5.37. The fourth-order valence-electron chi connectivity index (χ4n) is 1.38. The predicted molar refractivity (Wildman–Crippen MR) is 56.6 cm³/mol. The van der Waals surface area contributed by atoms with Crippen LogP contribution in [0.25, 0.3) is 0 Å². The molecule has 1 aliphatic rings. The molecule has 3 nitrogen and oxygen atoms in total. The molecular formula is C11H16N2O. The number of rotatable bonds is 3. The quantitative estimate of drug-likeness (QED) is 0.795. The van der Waals surface area contributed by atoms with E-state index in [4.69, 9.17) is 4.74 Å². The van der Waals surface area contributed by atoms with E-state index in [1.807, 2.05) is 12.1 Å². The van der Waals surface area contributed by atoms with Gasteiger partial charge in [-0.3, -0.25) is 0 Å². The summed E-state index contributed by atoms with van der Waals surface area (Å²) in [4.78, 5) is 4.53. The third-order valence-electron chi connectivity index (χ3n) is 2.35. The van der Waals surface area contributed by atoms with Gasteiger partial charge in [-0.25, -0.2) is 4.98 Å². The Morgan fingerprint density at radius 3 is 2.79 bits per heavy atom. The number of nitrogens with one attached hydrogen (secondary N) is 1. The number of hydrogen-bond acceptors (Lipinski definition) is 3. The van der Waals surface area contributed by atoms with Crippen LogP contribution in [-0.4, -0.2) is 24.2 Å². The largest absolute Gasteiger partial charge is 0.377 e. The van der Waals surface area contributed by atoms with Gasteiger partial charge in [-0.15, -0.1) is 0 Å². The molecule has 0 spiro atoms. The zero-order valence-corrected chi connectivity index (χ0v) is 8.66. The normalized spacial score (nSPS) is 16.8. The zero-order valence-electron chi connectivity index (χ0n) is 8.66. The van der Waals surface area contributed by atoms with Gasteiger partial charge in [0.25, 0.3) is 0 Å². The first-order valence-corrected chi connectivity index (χ1v) is 5.07. The molecule has 0 radical (unpaired) electrons. The molecule has 1 aliphatic heterocycles. The highest BCUT2D eigenvalue weighted by Gasteiger charge is 2.18. The second-order valence-electron chi connectivity index (χ2n) is 3.98. The van der Waals surface area contributed by atoms with Crippen molar-refractivity contribution in [3.05, 3.63) is 23.9 Å². The van der Waals surface area contributed by atoms with Crippen LogP contribution < -0.4 is 5.32 Å². The van der Waals surface area contributed by atoms with Crippen LogP contribution in [0.4, 0.5) is 5.82 Å². The Morgan fingerprint density at radius 2 is 2.21 bits per heavy atom. The molecule has 0 atom stereocenters. The molecule has 1 saturated heterocycles. The third-order valence-corrected chi connectivity index (χ3v) is 2.35. The number of anilines is 1. The van der Waals surface area contributed by atoms with Gasteiger partial charge in [0, 0.05) is 5.69 Å². The average Bonchev–Trinajstić information content (AvgIpc) is 2.12. The van der Waals surface area contributed by atoms with Crippen LogP contribution in [-0.2, 0) is 4.74 Å². The molecule has 0 aromatic carbocycles. The summed E-state index contributed by atoms with van der Waals surface area (Å²) in [6.45, 7) is 5.90. The van der Waals surface area contributed by atoms with Crippen LogP contribution in [0.5, 0.6) is 0 Å². The molecule has 0 saturated carbocycles. The van der Waals surface area contributed by atoms with Crippen LogP contribution in [0.1, 0.15) is 25.5 Å². The molecular weight excluding hydrogens is 176 g/mol. The molecule has 0 unspecified atom stereocenters. The Bertz CT molecular complexity index is 308. The lowest BCUT2D eigenvalue weighted by molar-refractivity contribution is 0.0209. The highest BCUT2D eigenvalue weighted by atomic mass is 16.5. The second-order valence-corrected chi connectivity index (χ2v) is 3.98. The van der Waals surface area contributed by atoms with Crippen LogP contribution in [0.15, 0.2) is 18.2 Å². The van der Waals surface area contributed by atoms with Crippen molar-refractivity contribution >= 4 is 5.82 Å². The summed E-state index contributed by atoms with van der Waals surface area (Å²) >= 11 is 0. The van der Waals surface area contributed by atoms with Gasteiger partial charge in [0.05, 0.1) is 19.3 Å². The molecule has 0 bridgehead atoms. The van der Waals surface area contributed by atoms with Gasteiger partial charge >= 0.3 is 0 Å². The van der Waals surface area contributed by atoms with E-state index < -0.39 is 0 Å². The van der Waals surface area contributed by atoms with Crippen molar-refractivity contribution in [3.8, 4) is 0 Å². The maximum Gasteiger partial charge on any atom is 0.126 e. The Kier molecular flexibility index (Phi) is 2.68. The second kappa shape index (κ2) is 3.96. The van der Waals surface area contributed by atoms with E-state index in [0.717, 1.165) is 24.7 Å². The van der Waals surface area contributed by atoms with Crippen molar-refractivity contribution in [1.29, 1.82) is 0 Å². The lowest BCUT2D eigenvalue weighted by Crippen LogP contribution is -2.40. The lowest BCUT2D eigenvalue weighted by atomic mass is 10.1. The minimum Gasteiger partial charge on any atom is -0.377 e. The van der Waals surface area contributed by atoms with Gasteiger partial charge in [0.2, 0.25) is 0 Å². The molecule has 2 heterocycles. The van der Waals surface area contributed by atoms with Crippen molar-refractivity contribution in [2.45, 2.75) is 25.8 Å². The number of hydrogen-bond donors (Lipinski definition) is 1. The molecule has 1 aromatic rings. The highest BCUT2D eigenvalue weighted by Crippen LogP contribution is 2.15. The van der Waals surface area contributed by atoms with E-state index in [9.17, 15) is 0 Å². The molecule has 3 heteroatoms. The molecule has 1 N–H and O–H groups in total. The standard InChI is InChI=1S/C11H16N2O/c1-8(2)10-4-3-5-11(13-10)12-9-6-14-7-9/h3-5,8-9H,6-7H2,1-2H3,(H,12,13). The summed E-state index contributed by atoms with van der Waals surface area (Å²) in [6.07, 6.45) is 0. The van der Waals surface area contributed by atoms with E-state index >= 15 is 0 Å². The Balaban J connectivity index is 2.05. The zero-order chi connectivity index (χ0) is 9.97. The lowest BCUT2D eigenvalue weighted by Gasteiger charge is -2.27. The number of ether oxygens (including phenoxy) is 1. The van der Waals surface area contributed by atoms with E-state index in [1.54, 1.807) is 0 Å². The van der Waals surface area contributed by atoms with Gasteiger partial charge in [0.15, 0.2) is 0 Å². The summed E-state index contributed by atoms with van der Waals surface area (Å²) < 4.78 is 5.09. The fourth-order valence-corrected chi connectivity index (χ4v) is 1.38. The Morgan fingerprint density at radius 1 is 1.43 bits per heavy atom. The first-order valence-electron chi connectivity index (χ1n) is 5.07. The number of aromatic nitrogens is 1. The fraction of sp³-hybridized carbons (Fsp3) is 0.545. The molecule has 2 rings (SSSR count). The van der Waals surface area contributed by atoms with E-state index in [1.165, 1.54) is 0 Å². The molecule has 0 aliphatic carbocycles. The summed E-state index contributed by atoms with van der Waals surface area (Å²) in [5.74, 6) is 1.44.